The van der Waals surface area contributed by atoms with Crippen LogP contribution in [-0.4, -0.2) is 61.2 Å². The van der Waals surface area contributed by atoms with Crippen molar-refractivity contribution in [2.75, 3.05) is 26.2 Å². The number of nitrogens with one attached hydrogen (secondary N) is 1. The van der Waals surface area contributed by atoms with E-state index >= 15 is 0 Å². The van der Waals surface area contributed by atoms with Gasteiger partial charge >= 0.3 is 0 Å². The van der Waals surface area contributed by atoms with E-state index in [-0.39, 0.29) is 17.1 Å². The molecule has 0 spiro atoms. The highest BCUT2D eigenvalue weighted by Crippen LogP contribution is 2.30. The van der Waals surface area contributed by atoms with Crippen molar-refractivity contribution in [2.45, 2.75) is 52.2 Å². The summed E-state index contributed by atoms with van der Waals surface area (Å²) >= 11 is 0. The minimum Gasteiger partial charge on any atom is -0.322 e. The second-order valence-electron chi connectivity index (χ2n) is 10.6. The van der Waals surface area contributed by atoms with Crippen molar-refractivity contribution in [2.24, 2.45) is 0 Å². The van der Waals surface area contributed by atoms with Gasteiger partial charge in [-0.15, -0.1) is 5.10 Å². The third kappa shape index (κ3) is 4.96. The van der Waals surface area contributed by atoms with E-state index in [1.165, 1.54) is 11.1 Å². The Kier molecular flexibility index (Phi) is 6.73. The number of aromatic amines is 1. The normalized spacial score (nSPS) is 16.4. The molecular weight excluding hydrogens is 450 g/mol. The highest BCUT2D eigenvalue weighted by molar-refractivity contribution is 5.80. The lowest BCUT2D eigenvalue weighted by atomic mass is 10.00. The van der Waals surface area contributed by atoms with E-state index in [9.17, 15) is 4.79 Å². The summed E-state index contributed by atoms with van der Waals surface area (Å²) in [7, 11) is 0. The molecule has 1 atom stereocenters. The largest absolute Gasteiger partial charge is 0.322 e. The molecule has 2 aromatic heterocycles. The first-order valence-corrected chi connectivity index (χ1v) is 12.8. The van der Waals surface area contributed by atoms with Crippen LogP contribution >= 0.6 is 0 Å². The van der Waals surface area contributed by atoms with E-state index in [1.54, 1.807) is 0 Å². The molecule has 2 aromatic carbocycles. The van der Waals surface area contributed by atoms with Crippen molar-refractivity contribution in [3.05, 3.63) is 87.5 Å². The Morgan fingerprint density at radius 3 is 2.42 bits per heavy atom. The number of pyridine rings is 1. The fourth-order valence-corrected chi connectivity index (χ4v) is 5.06. The van der Waals surface area contributed by atoms with E-state index < -0.39 is 0 Å². The molecule has 36 heavy (non-hydrogen) atoms. The van der Waals surface area contributed by atoms with Crippen molar-refractivity contribution in [3.63, 3.8) is 0 Å². The maximum absolute atomic E-state index is 13.5. The molecule has 1 aliphatic heterocycles. The number of aromatic nitrogens is 5. The molecule has 0 saturated carbocycles. The molecule has 0 radical (unpaired) electrons. The van der Waals surface area contributed by atoms with Gasteiger partial charge in [-0.05, 0) is 72.3 Å². The quantitative estimate of drug-likeness (QED) is 0.448. The molecule has 0 aliphatic carbocycles. The van der Waals surface area contributed by atoms with Gasteiger partial charge in [-0.25, -0.2) is 4.68 Å². The zero-order chi connectivity index (χ0) is 25.3. The van der Waals surface area contributed by atoms with Crippen LogP contribution in [0.1, 0.15) is 56.3 Å². The van der Waals surface area contributed by atoms with Crippen LogP contribution < -0.4 is 5.56 Å². The van der Waals surface area contributed by atoms with Gasteiger partial charge in [-0.1, -0.05) is 43.3 Å². The molecule has 1 saturated heterocycles. The number of tetrazole rings is 1. The molecule has 0 amide bonds. The Balaban J connectivity index is 1.52. The zero-order valence-electron chi connectivity index (χ0n) is 21.6. The predicted molar refractivity (Wildman–Crippen MR) is 142 cm³/mol. The van der Waals surface area contributed by atoms with Gasteiger partial charge in [-0.2, -0.15) is 0 Å². The van der Waals surface area contributed by atoms with Crippen LogP contribution in [0.5, 0.6) is 0 Å². The van der Waals surface area contributed by atoms with Gasteiger partial charge in [0.25, 0.3) is 5.56 Å². The summed E-state index contributed by atoms with van der Waals surface area (Å²) < 4.78 is 1.86. The first-order valence-electron chi connectivity index (χ1n) is 12.8. The van der Waals surface area contributed by atoms with Gasteiger partial charge in [0.1, 0.15) is 6.04 Å². The van der Waals surface area contributed by atoms with E-state index in [2.05, 4.69) is 100 Å². The summed E-state index contributed by atoms with van der Waals surface area (Å²) in [6.45, 7) is 12.8. The van der Waals surface area contributed by atoms with Gasteiger partial charge < -0.3 is 4.98 Å². The molecule has 0 bridgehead atoms. The third-order valence-corrected chi connectivity index (χ3v) is 7.03. The lowest BCUT2D eigenvalue weighted by Gasteiger charge is -2.39. The van der Waals surface area contributed by atoms with E-state index in [1.807, 2.05) is 16.8 Å². The van der Waals surface area contributed by atoms with Crippen molar-refractivity contribution >= 4 is 10.9 Å². The summed E-state index contributed by atoms with van der Waals surface area (Å²) in [6.07, 6.45) is 0.944. The monoisotopic (exact) mass is 485 g/mol. The van der Waals surface area contributed by atoms with Gasteiger partial charge in [0.15, 0.2) is 5.82 Å². The summed E-state index contributed by atoms with van der Waals surface area (Å²) in [6, 6.07) is 18.5. The number of benzene rings is 2. The lowest BCUT2D eigenvalue weighted by molar-refractivity contribution is 0.0975. The van der Waals surface area contributed by atoms with Crippen molar-refractivity contribution < 1.29 is 0 Å². The summed E-state index contributed by atoms with van der Waals surface area (Å²) in [5.41, 5.74) is 3.69. The third-order valence-electron chi connectivity index (χ3n) is 7.03. The fourth-order valence-electron chi connectivity index (χ4n) is 5.06. The van der Waals surface area contributed by atoms with Crippen LogP contribution in [0.2, 0.25) is 0 Å². The molecule has 1 unspecified atom stereocenters. The smallest absolute Gasteiger partial charge is 0.253 e. The van der Waals surface area contributed by atoms with E-state index in [0.29, 0.717) is 11.4 Å². The van der Waals surface area contributed by atoms with E-state index in [4.69, 9.17) is 0 Å². The SMILES string of the molecule is CCc1ccc2[nH]c(=O)c(C(c3nnnn3C(C)(C)C)N3CCN(Cc4ccccc4)CC3)cc2c1. The standard InChI is InChI=1S/C28H35N7O/c1-5-20-11-12-24-22(17-20)18-23(27(36)29-24)25(26-30-31-32-35(26)28(2,3)4)34-15-13-33(14-16-34)19-21-9-7-6-8-10-21/h6-12,17-18,25H,5,13-16,19H2,1-4H3,(H,29,36). The number of aryl methyl sites for hydroxylation is 1. The fraction of sp³-hybridized carbons (Fsp3) is 0.429. The molecule has 8 heteroatoms. The predicted octanol–water partition coefficient (Wildman–Crippen LogP) is 3.74. The number of hydrogen-bond acceptors (Lipinski definition) is 6. The van der Waals surface area contributed by atoms with E-state index in [0.717, 1.165) is 50.0 Å². The summed E-state index contributed by atoms with van der Waals surface area (Å²) in [4.78, 5) is 21.4. The maximum Gasteiger partial charge on any atom is 0.253 e. The number of H-pyrrole nitrogens is 1. The van der Waals surface area contributed by atoms with Gasteiger partial charge in [-0.3, -0.25) is 14.6 Å². The highest BCUT2D eigenvalue weighted by atomic mass is 16.1. The molecule has 1 fully saturated rings. The average Bonchev–Trinajstić information content (AvgIpc) is 3.36. The van der Waals surface area contributed by atoms with Gasteiger partial charge in [0.05, 0.1) is 5.54 Å². The topological polar surface area (TPSA) is 82.9 Å². The molecule has 5 rings (SSSR count). The molecule has 1 aliphatic rings. The Hall–Kier alpha value is -3.36. The molecule has 3 heterocycles. The van der Waals surface area contributed by atoms with Gasteiger partial charge in [0, 0.05) is 43.8 Å². The Labute approximate surface area is 211 Å². The van der Waals surface area contributed by atoms with Gasteiger partial charge in [0.2, 0.25) is 0 Å². The van der Waals surface area contributed by atoms with Crippen molar-refractivity contribution in [1.29, 1.82) is 0 Å². The van der Waals surface area contributed by atoms with Crippen LogP contribution in [0.3, 0.4) is 0 Å². The lowest BCUT2D eigenvalue weighted by Crippen LogP contribution is -2.49. The second-order valence-corrected chi connectivity index (χ2v) is 10.6. The number of hydrogen-bond donors (Lipinski definition) is 1. The second kappa shape index (κ2) is 9.95. The van der Waals surface area contributed by atoms with Crippen LogP contribution in [-0.2, 0) is 18.5 Å². The molecule has 8 nitrogen and oxygen atoms in total. The first kappa shape index (κ1) is 24.3. The van der Waals surface area contributed by atoms with Crippen LogP contribution in [0.15, 0.2) is 59.4 Å². The van der Waals surface area contributed by atoms with Crippen molar-refractivity contribution in [1.82, 2.24) is 35.0 Å². The Morgan fingerprint density at radius 2 is 1.72 bits per heavy atom. The molecule has 188 valence electrons. The minimum absolute atomic E-state index is 0.0908. The summed E-state index contributed by atoms with van der Waals surface area (Å²) in [5, 5.41) is 13.9. The maximum atomic E-state index is 13.5. The number of piperazine rings is 1. The number of nitrogens with zero attached hydrogens (tertiary/aromatic N) is 6. The molecule has 4 aromatic rings. The van der Waals surface area contributed by atoms with Crippen LogP contribution in [0, 0.1) is 0 Å². The highest BCUT2D eigenvalue weighted by Gasteiger charge is 2.34. The zero-order valence-corrected chi connectivity index (χ0v) is 21.6. The Morgan fingerprint density at radius 1 is 0.972 bits per heavy atom. The number of fused-ring (bicyclic) bond motifs is 1. The molecule has 1 N–H and O–H groups in total. The first-order chi connectivity index (χ1) is 17.3. The number of rotatable bonds is 6. The average molecular weight is 486 g/mol. The minimum atomic E-state index is -0.337. The summed E-state index contributed by atoms with van der Waals surface area (Å²) in [5.74, 6) is 0.704. The van der Waals surface area contributed by atoms with Crippen LogP contribution in [0.4, 0.5) is 0 Å². The van der Waals surface area contributed by atoms with Crippen LogP contribution in [0.25, 0.3) is 10.9 Å². The Bertz CT molecular complexity index is 1380. The molecular formula is C28H35N7O. The van der Waals surface area contributed by atoms with Crippen molar-refractivity contribution in [3.8, 4) is 0 Å².